The fourth-order valence-electron chi connectivity index (χ4n) is 4.16. The first-order chi connectivity index (χ1) is 16.3. The molecular formula is C27H26N4O2. The van der Waals surface area contributed by atoms with Crippen LogP contribution in [0.5, 0.6) is 5.75 Å². The maximum Gasteiger partial charge on any atom is 0.260 e. The number of nitrogens with one attached hydrogen (secondary N) is 1. The number of likely N-dealkylation sites (tertiary alicyclic amines) is 1. The second kappa shape index (κ2) is 9.69. The minimum Gasteiger partial charge on any atom is -0.484 e. The minimum absolute atomic E-state index is 0.0529. The first-order valence-electron chi connectivity index (χ1n) is 11.4. The Kier molecular flexibility index (Phi) is 6.15. The fourth-order valence-corrected chi connectivity index (χ4v) is 4.16. The zero-order valence-corrected chi connectivity index (χ0v) is 18.4. The van der Waals surface area contributed by atoms with Crippen molar-refractivity contribution in [1.82, 2.24) is 15.1 Å². The molecule has 0 radical (unpaired) electrons. The van der Waals surface area contributed by atoms with Crippen molar-refractivity contribution in [2.75, 3.05) is 25.0 Å². The van der Waals surface area contributed by atoms with Crippen LogP contribution in [0.4, 0.5) is 11.5 Å². The monoisotopic (exact) mass is 438 g/mol. The highest BCUT2D eigenvalue weighted by Crippen LogP contribution is 2.31. The van der Waals surface area contributed by atoms with Gasteiger partial charge in [-0.25, -0.2) is 0 Å². The first-order valence-corrected chi connectivity index (χ1v) is 11.4. The summed E-state index contributed by atoms with van der Waals surface area (Å²) >= 11 is 0. The van der Waals surface area contributed by atoms with Crippen molar-refractivity contribution in [2.24, 2.45) is 0 Å². The number of rotatable bonds is 6. The summed E-state index contributed by atoms with van der Waals surface area (Å²) in [4.78, 5) is 14.2. The Morgan fingerprint density at radius 2 is 1.52 bits per heavy atom. The molecule has 0 unspecified atom stereocenters. The quantitative estimate of drug-likeness (QED) is 0.435. The average molecular weight is 439 g/mol. The summed E-state index contributed by atoms with van der Waals surface area (Å²) in [5, 5.41) is 14.4. The van der Waals surface area contributed by atoms with Gasteiger partial charge < -0.3 is 15.0 Å². The number of hydrogen-bond acceptors (Lipinski definition) is 5. The molecule has 4 aromatic rings. The van der Waals surface area contributed by atoms with Gasteiger partial charge in [0.1, 0.15) is 11.4 Å². The third kappa shape index (κ3) is 4.80. The van der Waals surface area contributed by atoms with Gasteiger partial charge in [0.05, 0.1) is 0 Å². The number of hydrogen-bond donors (Lipinski definition) is 1. The number of amides is 1. The Labute approximate surface area is 193 Å². The molecule has 1 aromatic heterocycles. The number of carbonyl (C=O) groups is 1. The number of benzene rings is 3. The number of anilines is 2. The molecule has 2 heterocycles. The number of nitrogens with zero attached hydrogens (tertiary/aromatic N) is 3. The highest BCUT2D eigenvalue weighted by Gasteiger charge is 2.17. The van der Waals surface area contributed by atoms with E-state index in [2.05, 4.69) is 21.6 Å². The van der Waals surface area contributed by atoms with Gasteiger partial charge in [-0.15, -0.1) is 10.2 Å². The standard InChI is InChI=1S/C27H26N4O2/c32-25(31-17-7-2-8-18-31)19-33-22-15-13-20(14-16-22)26-23-11-5-6-12-24(23)27(30-29-26)28-21-9-3-1-4-10-21/h1,3-6,9-16H,2,7-8,17-19H2,(H,28,30). The van der Waals surface area contributed by atoms with Crippen LogP contribution in [0, 0.1) is 0 Å². The van der Waals surface area contributed by atoms with E-state index in [1.807, 2.05) is 77.7 Å². The number of fused-ring (bicyclic) bond motifs is 1. The topological polar surface area (TPSA) is 67.3 Å². The third-order valence-electron chi connectivity index (χ3n) is 5.92. The lowest BCUT2D eigenvalue weighted by Gasteiger charge is -2.26. The first kappa shape index (κ1) is 20.9. The minimum atomic E-state index is 0.0529. The number of carbonyl (C=O) groups excluding carboxylic acids is 1. The molecule has 1 fully saturated rings. The Morgan fingerprint density at radius 3 is 2.27 bits per heavy atom. The molecule has 166 valence electrons. The van der Waals surface area contributed by atoms with E-state index in [0.29, 0.717) is 5.75 Å². The maximum absolute atomic E-state index is 12.3. The van der Waals surface area contributed by atoms with Crippen molar-refractivity contribution < 1.29 is 9.53 Å². The molecule has 33 heavy (non-hydrogen) atoms. The van der Waals surface area contributed by atoms with Gasteiger partial charge in [0.25, 0.3) is 5.91 Å². The van der Waals surface area contributed by atoms with E-state index < -0.39 is 0 Å². The lowest BCUT2D eigenvalue weighted by Crippen LogP contribution is -2.38. The predicted octanol–water partition coefficient (Wildman–Crippen LogP) is 5.43. The van der Waals surface area contributed by atoms with Gasteiger partial charge in [-0.2, -0.15) is 0 Å². The summed E-state index contributed by atoms with van der Waals surface area (Å²) in [6.07, 6.45) is 3.36. The van der Waals surface area contributed by atoms with Crippen molar-refractivity contribution in [2.45, 2.75) is 19.3 Å². The summed E-state index contributed by atoms with van der Waals surface area (Å²) in [5.74, 6) is 1.44. The molecule has 1 aliphatic heterocycles. The van der Waals surface area contributed by atoms with Crippen LogP contribution in [0.1, 0.15) is 19.3 Å². The molecule has 0 spiro atoms. The zero-order valence-electron chi connectivity index (χ0n) is 18.4. The van der Waals surface area contributed by atoms with Crippen LogP contribution in [-0.2, 0) is 4.79 Å². The van der Waals surface area contributed by atoms with Gasteiger partial charge in [0.2, 0.25) is 0 Å². The van der Waals surface area contributed by atoms with Gasteiger partial charge in [-0.05, 0) is 55.7 Å². The average Bonchev–Trinajstić information content (AvgIpc) is 2.89. The van der Waals surface area contributed by atoms with Crippen LogP contribution in [0.2, 0.25) is 0 Å². The van der Waals surface area contributed by atoms with E-state index in [1.165, 1.54) is 6.42 Å². The molecule has 0 aliphatic carbocycles. The molecule has 3 aromatic carbocycles. The van der Waals surface area contributed by atoms with E-state index in [-0.39, 0.29) is 12.5 Å². The van der Waals surface area contributed by atoms with E-state index >= 15 is 0 Å². The number of piperidine rings is 1. The predicted molar refractivity (Wildman–Crippen MR) is 131 cm³/mol. The van der Waals surface area contributed by atoms with E-state index in [4.69, 9.17) is 4.74 Å². The highest BCUT2D eigenvalue weighted by molar-refractivity contribution is 6.00. The van der Waals surface area contributed by atoms with Gasteiger partial charge in [0, 0.05) is 35.1 Å². The molecule has 1 saturated heterocycles. The van der Waals surface area contributed by atoms with E-state index in [1.54, 1.807) is 0 Å². The number of ether oxygens (including phenoxy) is 1. The van der Waals surface area contributed by atoms with E-state index in [9.17, 15) is 4.79 Å². The van der Waals surface area contributed by atoms with Crippen molar-refractivity contribution >= 4 is 28.2 Å². The van der Waals surface area contributed by atoms with Crippen molar-refractivity contribution in [1.29, 1.82) is 0 Å². The second-order valence-electron chi connectivity index (χ2n) is 8.19. The van der Waals surface area contributed by atoms with Gasteiger partial charge in [-0.1, -0.05) is 42.5 Å². The molecule has 6 heteroatoms. The molecular weight excluding hydrogens is 412 g/mol. The molecule has 1 N–H and O–H groups in total. The van der Waals surface area contributed by atoms with Crippen LogP contribution >= 0.6 is 0 Å². The van der Waals surface area contributed by atoms with Crippen LogP contribution in [0.25, 0.3) is 22.0 Å². The molecule has 0 bridgehead atoms. The lowest BCUT2D eigenvalue weighted by atomic mass is 10.0. The Balaban J connectivity index is 1.34. The SMILES string of the molecule is O=C(COc1ccc(-c2nnc(Nc3ccccc3)c3ccccc23)cc1)N1CCCCC1. The summed E-state index contributed by atoms with van der Waals surface area (Å²) in [5.41, 5.74) is 2.71. The molecule has 0 saturated carbocycles. The zero-order chi connectivity index (χ0) is 22.5. The molecule has 1 amide bonds. The van der Waals surface area contributed by atoms with Crippen molar-refractivity contribution in [3.63, 3.8) is 0 Å². The largest absolute Gasteiger partial charge is 0.484 e. The molecule has 1 aliphatic rings. The molecule has 6 nitrogen and oxygen atoms in total. The highest BCUT2D eigenvalue weighted by atomic mass is 16.5. The van der Waals surface area contributed by atoms with E-state index in [0.717, 1.165) is 59.5 Å². The second-order valence-corrected chi connectivity index (χ2v) is 8.19. The Morgan fingerprint density at radius 1 is 0.818 bits per heavy atom. The van der Waals surface area contributed by atoms with Gasteiger partial charge in [-0.3, -0.25) is 4.79 Å². The number of para-hydroxylation sites is 1. The normalized spacial score (nSPS) is 13.6. The summed E-state index contributed by atoms with van der Waals surface area (Å²) in [6, 6.07) is 25.7. The van der Waals surface area contributed by atoms with Crippen LogP contribution in [0.3, 0.4) is 0 Å². The molecule has 5 rings (SSSR count). The third-order valence-corrected chi connectivity index (χ3v) is 5.92. The van der Waals surface area contributed by atoms with Gasteiger partial charge in [0.15, 0.2) is 12.4 Å². The summed E-state index contributed by atoms with van der Waals surface area (Å²) in [6.45, 7) is 1.74. The summed E-state index contributed by atoms with van der Waals surface area (Å²) in [7, 11) is 0. The fraction of sp³-hybridized carbons (Fsp3) is 0.222. The van der Waals surface area contributed by atoms with Crippen LogP contribution in [-0.4, -0.2) is 40.7 Å². The molecule has 0 atom stereocenters. The van der Waals surface area contributed by atoms with Crippen LogP contribution in [0.15, 0.2) is 78.9 Å². The Bertz CT molecular complexity index is 1240. The lowest BCUT2D eigenvalue weighted by molar-refractivity contribution is -0.134. The van der Waals surface area contributed by atoms with Crippen molar-refractivity contribution in [3.05, 3.63) is 78.9 Å². The maximum atomic E-state index is 12.3. The van der Waals surface area contributed by atoms with Gasteiger partial charge >= 0.3 is 0 Å². The Hall–Kier alpha value is -3.93. The summed E-state index contributed by atoms with van der Waals surface area (Å²) < 4.78 is 5.75. The van der Waals surface area contributed by atoms with Crippen molar-refractivity contribution in [3.8, 4) is 17.0 Å². The smallest absolute Gasteiger partial charge is 0.260 e. The number of aromatic nitrogens is 2. The van der Waals surface area contributed by atoms with Crippen LogP contribution < -0.4 is 10.1 Å².